The van der Waals surface area contributed by atoms with E-state index in [2.05, 4.69) is 58.1 Å². The van der Waals surface area contributed by atoms with Gasteiger partial charge in [-0.3, -0.25) is 0 Å². The minimum absolute atomic E-state index is 0. The van der Waals surface area contributed by atoms with Gasteiger partial charge in [0.2, 0.25) is 0 Å². The van der Waals surface area contributed by atoms with E-state index in [1.54, 1.807) is 0 Å². The Hall–Kier alpha value is -0.730. The zero-order chi connectivity index (χ0) is 12.9. The van der Waals surface area contributed by atoms with Crippen LogP contribution in [0.15, 0.2) is 18.2 Å². The van der Waals surface area contributed by atoms with Crippen molar-refractivity contribution >= 4 is 12.4 Å². The van der Waals surface area contributed by atoms with Gasteiger partial charge in [-0.2, -0.15) is 0 Å². The molecule has 0 aromatic heterocycles. The van der Waals surface area contributed by atoms with Gasteiger partial charge in [0.15, 0.2) is 0 Å². The molecule has 3 heteroatoms. The predicted molar refractivity (Wildman–Crippen MR) is 81.2 cm³/mol. The van der Waals surface area contributed by atoms with Gasteiger partial charge in [-0.25, -0.2) is 0 Å². The lowest BCUT2D eigenvalue weighted by Crippen LogP contribution is -2.21. The van der Waals surface area contributed by atoms with Crippen LogP contribution in [0.5, 0.6) is 5.75 Å². The van der Waals surface area contributed by atoms with E-state index in [4.69, 9.17) is 4.74 Å². The molecule has 1 aromatic carbocycles. The summed E-state index contributed by atoms with van der Waals surface area (Å²) in [6, 6.07) is 6.42. The molecule has 1 aromatic rings. The van der Waals surface area contributed by atoms with Gasteiger partial charge in [0.1, 0.15) is 12.4 Å². The van der Waals surface area contributed by atoms with Gasteiger partial charge < -0.3 is 10.1 Å². The Morgan fingerprint density at radius 1 is 1.22 bits per heavy atom. The van der Waals surface area contributed by atoms with Crippen molar-refractivity contribution in [3.05, 3.63) is 29.3 Å². The Labute approximate surface area is 118 Å². The summed E-state index contributed by atoms with van der Waals surface area (Å²) >= 11 is 0. The summed E-state index contributed by atoms with van der Waals surface area (Å²) in [7, 11) is 0. The summed E-state index contributed by atoms with van der Waals surface area (Å²) in [6.07, 6.45) is 0. The van der Waals surface area contributed by atoms with Gasteiger partial charge >= 0.3 is 0 Å². The van der Waals surface area contributed by atoms with E-state index in [1.807, 2.05) is 0 Å². The van der Waals surface area contributed by atoms with E-state index in [-0.39, 0.29) is 17.8 Å². The molecule has 0 fully saturated rings. The Morgan fingerprint density at radius 3 is 2.44 bits per heavy atom. The highest BCUT2D eigenvalue weighted by Gasteiger charge is 2.18. The third kappa shape index (κ3) is 5.28. The Bertz CT molecular complexity index is 358. The molecule has 0 heterocycles. The topological polar surface area (TPSA) is 21.3 Å². The van der Waals surface area contributed by atoms with Crippen molar-refractivity contribution in [2.45, 2.75) is 40.0 Å². The van der Waals surface area contributed by atoms with E-state index in [0.717, 1.165) is 25.4 Å². The predicted octanol–water partition coefficient (Wildman–Crippen LogP) is 3.70. The Morgan fingerprint density at radius 2 is 1.89 bits per heavy atom. The summed E-state index contributed by atoms with van der Waals surface area (Å²) in [5.41, 5.74) is 2.70. The molecule has 0 spiro atoms. The Kier molecular flexibility index (Phi) is 7.34. The van der Waals surface area contributed by atoms with Gasteiger partial charge in [0.05, 0.1) is 0 Å². The molecule has 0 atom stereocenters. The van der Waals surface area contributed by atoms with Crippen molar-refractivity contribution in [3.8, 4) is 5.75 Å². The maximum atomic E-state index is 5.86. The molecule has 1 rings (SSSR count). The third-order valence-corrected chi connectivity index (χ3v) is 2.73. The van der Waals surface area contributed by atoms with Crippen molar-refractivity contribution in [2.75, 3.05) is 19.7 Å². The van der Waals surface area contributed by atoms with Gasteiger partial charge in [-0.15, -0.1) is 12.4 Å². The average Bonchev–Trinajstić information content (AvgIpc) is 2.25. The molecule has 18 heavy (non-hydrogen) atoms. The van der Waals surface area contributed by atoms with Crippen LogP contribution in [0.2, 0.25) is 0 Å². The van der Waals surface area contributed by atoms with E-state index >= 15 is 0 Å². The molecule has 1 N–H and O–H groups in total. The van der Waals surface area contributed by atoms with Crippen LogP contribution in [0.4, 0.5) is 0 Å². The fourth-order valence-corrected chi connectivity index (χ4v) is 1.77. The Balaban J connectivity index is 0.00000289. The van der Waals surface area contributed by atoms with Crippen LogP contribution in [0.1, 0.15) is 38.8 Å². The second-order valence-corrected chi connectivity index (χ2v) is 5.45. The lowest BCUT2D eigenvalue weighted by atomic mass is 9.85. The number of hydrogen-bond acceptors (Lipinski definition) is 2. The second-order valence-electron chi connectivity index (χ2n) is 5.45. The normalized spacial score (nSPS) is 10.9. The van der Waals surface area contributed by atoms with Gasteiger partial charge in [0, 0.05) is 6.54 Å². The minimum Gasteiger partial charge on any atom is -0.492 e. The molecule has 0 saturated heterocycles. The number of benzene rings is 1. The zero-order valence-corrected chi connectivity index (χ0v) is 13.0. The first-order chi connectivity index (χ1) is 7.95. The number of nitrogens with one attached hydrogen (secondary N) is 1. The van der Waals surface area contributed by atoms with Gasteiger partial charge in [-0.1, -0.05) is 45.4 Å². The lowest BCUT2D eigenvalue weighted by Gasteiger charge is -2.23. The van der Waals surface area contributed by atoms with Crippen molar-refractivity contribution in [1.29, 1.82) is 0 Å². The van der Waals surface area contributed by atoms with E-state index in [0.29, 0.717) is 0 Å². The first-order valence-corrected chi connectivity index (χ1v) is 6.40. The smallest absolute Gasteiger partial charge is 0.123 e. The molecule has 0 amide bonds. The summed E-state index contributed by atoms with van der Waals surface area (Å²) in [5.74, 6) is 1.01. The van der Waals surface area contributed by atoms with Gasteiger partial charge in [0.25, 0.3) is 0 Å². The summed E-state index contributed by atoms with van der Waals surface area (Å²) in [4.78, 5) is 0. The van der Waals surface area contributed by atoms with Crippen LogP contribution in [-0.2, 0) is 5.41 Å². The van der Waals surface area contributed by atoms with Crippen LogP contribution >= 0.6 is 12.4 Å². The number of ether oxygens (including phenoxy) is 1. The van der Waals surface area contributed by atoms with Crippen LogP contribution in [0.3, 0.4) is 0 Å². The fraction of sp³-hybridized carbons (Fsp3) is 0.600. The monoisotopic (exact) mass is 271 g/mol. The maximum Gasteiger partial charge on any atom is 0.123 e. The number of halogens is 1. The molecule has 2 nitrogen and oxygen atoms in total. The number of aryl methyl sites for hydroxylation is 1. The molecule has 0 bridgehead atoms. The highest BCUT2D eigenvalue weighted by molar-refractivity contribution is 5.85. The highest BCUT2D eigenvalue weighted by atomic mass is 35.5. The molecule has 0 radical (unpaired) electrons. The SMILES string of the molecule is CCNCCOc1ccc(C)cc1C(C)(C)C.Cl. The number of likely N-dealkylation sites (N-methyl/N-ethyl adjacent to an activating group) is 1. The highest BCUT2D eigenvalue weighted by Crippen LogP contribution is 2.31. The largest absolute Gasteiger partial charge is 0.492 e. The van der Waals surface area contributed by atoms with E-state index in [1.165, 1.54) is 11.1 Å². The zero-order valence-electron chi connectivity index (χ0n) is 12.2. The molecule has 0 aliphatic carbocycles. The van der Waals surface area contributed by atoms with Crippen LogP contribution in [-0.4, -0.2) is 19.7 Å². The average molecular weight is 272 g/mol. The number of hydrogen-bond donors (Lipinski definition) is 1. The van der Waals surface area contributed by atoms with Crippen LogP contribution in [0, 0.1) is 6.92 Å². The molecule has 0 aliphatic rings. The second kappa shape index (κ2) is 7.65. The molecule has 0 unspecified atom stereocenters. The molecule has 0 saturated carbocycles. The standard InChI is InChI=1S/C15H25NO.ClH/c1-6-16-9-10-17-14-8-7-12(2)11-13(14)15(3,4)5;/h7-8,11,16H,6,9-10H2,1-5H3;1H. The molecule has 104 valence electrons. The van der Waals surface area contributed by atoms with Gasteiger partial charge in [-0.05, 0) is 30.5 Å². The maximum absolute atomic E-state index is 5.86. The summed E-state index contributed by atoms with van der Waals surface area (Å²) < 4.78 is 5.86. The molecular formula is C15H26ClNO. The van der Waals surface area contributed by atoms with Crippen molar-refractivity contribution in [1.82, 2.24) is 5.32 Å². The summed E-state index contributed by atoms with van der Waals surface area (Å²) in [6.45, 7) is 13.5. The van der Waals surface area contributed by atoms with Crippen LogP contribution < -0.4 is 10.1 Å². The molecule has 0 aliphatic heterocycles. The fourth-order valence-electron chi connectivity index (χ4n) is 1.77. The van der Waals surface area contributed by atoms with E-state index < -0.39 is 0 Å². The first-order valence-electron chi connectivity index (χ1n) is 6.40. The van der Waals surface area contributed by atoms with Crippen molar-refractivity contribution in [3.63, 3.8) is 0 Å². The van der Waals surface area contributed by atoms with Crippen molar-refractivity contribution in [2.24, 2.45) is 0 Å². The quantitative estimate of drug-likeness (QED) is 0.825. The van der Waals surface area contributed by atoms with Crippen LogP contribution in [0.25, 0.3) is 0 Å². The van der Waals surface area contributed by atoms with E-state index in [9.17, 15) is 0 Å². The summed E-state index contributed by atoms with van der Waals surface area (Å²) in [5, 5.41) is 3.26. The lowest BCUT2D eigenvalue weighted by molar-refractivity contribution is 0.307. The number of rotatable bonds is 5. The minimum atomic E-state index is 0. The first kappa shape index (κ1) is 17.3. The molecular weight excluding hydrogens is 246 g/mol. The third-order valence-electron chi connectivity index (χ3n) is 2.73. The van der Waals surface area contributed by atoms with Crippen molar-refractivity contribution < 1.29 is 4.74 Å².